The van der Waals surface area contributed by atoms with Crippen molar-refractivity contribution < 1.29 is 9.59 Å². The van der Waals surface area contributed by atoms with Crippen molar-refractivity contribution in [3.05, 3.63) is 65.5 Å². The summed E-state index contributed by atoms with van der Waals surface area (Å²) in [6.45, 7) is 1.96. The molecule has 1 aliphatic rings. The number of aryl methyl sites for hydroxylation is 1. The van der Waals surface area contributed by atoms with Crippen LogP contribution in [0, 0.1) is 6.92 Å². The van der Waals surface area contributed by atoms with E-state index in [9.17, 15) is 9.59 Å². The molecule has 3 rings (SSSR count). The molecule has 1 fully saturated rings. The van der Waals surface area contributed by atoms with Crippen molar-refractivity contribution in [3.8, 4) is 0 Å². The highest BCUT2D eigenvalue weighted by atomic mass is 32.1. The molecular weight excluding hydrogens is 310 g/mol. The number of nitrogens with zero attached hydrogens (tertiary/aromatic N) is 2. The Labute approximate surface area is 138 Å². The van der Waals surface area contributed by atoms with Crippen LogP contribution in [0.5, 0.6) is 0 Å². The molecule has 6 heteroatoms. The van der Waals surface area contributed by atoms with Gasteiger partial charge in [0.1, 0.15) is 5.57 Å². The summed E-state index contributed by atoms with van der Waals surface area (Å²) in [5.41, 5.74) is 2.44. The van der Waals surface area contributed by atoms with Gasteiger partial charge in [0.25, 0.3) is 11.8 Å². The molecule has 1 aliphatic heterocycles. The van der Waals surface area contributed by atoms with Gasteiger partial charge in [0.2, 0.25) is 0 Å². The summed E-state index contributed by atoms with van der Waals surface area (Å²) < 4.78 is 0. The number of hydrogen-bond acceptors (Lipinski definition) is 4. The quantitative estimate of drug-likeness (QED) is 0.523. The van der Waals surface area contributed by atoms with E-state index in [1.165, 1.54) is 11.0 Å². The predicted octanol–water partition coefficient (Wildman–Crippen LogP) is 2.22. The van der Waals surface area contributed by atoms with Gasteiger partial charge in [0, 0.05) is 12.4 Å². The molecular formula is C17H13N3O2S. The van der Waals surface area contributed by atoms with Gasteiger partial charge >= 0.3 is 0 Å². The van der Waals surface area contributed by atoms with Gasteiger partial charge in [0.05, 0.1) is 5.69 Å². The average molecular weight is 323 g/mol. The Hall–Kier alpha value is -2.86. The summed E-state index contributed by atoms with van der Waals surface area (Å²) in [6, 6.07) is 10.8. The van der Waals surface area contributed by atoms with Crippen LogP contribution in [-0.2, 0) is 9.59 Å². The second-order valence-corrected chi connectivity index (χ2v) is 5.46. The molecule has 0 radical (unpaired) electrons. The van der Waals surface area contributed by atoms with E-state index in [-0.39, 0.29) is 10.7 Å². The lowest BCUT2D eigenvalue weighted by Crippen LogP contribution is -2.54. The van der Waals surface area contributed by atoms with Crippen LogP contribution in [0.1, 0.15) is 11.1 Å². The molecule has 0 spiro atoms. The molecule has 2 heterocycles. The Balaban J connectivity index is 2.01. The standard InChI is InChI=1S/C17H13N3O2S/c1-11-2-4-13(5-3-11)20-16(22)14(15(21)19-17(20)23)10-12-6-8-18-9-7-12/h2-10H,1H3,(H,19,21,23)/b14-10+. The van der Waals surface area contributed by atoms with Crippen molar-refractivity contribution in [2.45, 2.75) is 6.92 Å². The summed E-state index contributed by atoms with van der Waals surface area (Å²) in [5, 5.41) is 2.64. The van der Waals surface area contributed by atoms with E-state index in [0.717, 1.165) is 11.1 Å². The second-order valence-electron chi connectivity index (χ2n) is 5.07. The highest BCUT2D eigenvalue weighted by Crippen LogP contribution is 2.22. The zero-order chi connectivity index (χ0) is 16.4. The topological polar surface area (TPSA) is 62.3 Å². The monoisotopic (exact) mass is 323 g/mol. The fourth-order valence-electron chi connectivity index (χ4n) is 2.21. The second kappa shape index (κ2) is 6.10. The fourth-order valence-corrected chi connectivity index (χ4v) is 2.49. The van der Waals surface area contributed by atoms with Crippen molar-refractivity contribution in [2.24, 2.45) is 0 Å². The van der Waals surface area contributed by atoms with Crippen LogP contribution in [0.2, 0.25) is 0 Å². The SMILES string of the molecule is Cc1ccc(N2C(=O)/C(=C/c3ccncc3)C(=O)NC2=S)cc1. The molecule has 2 amide bonds. The molecule has 1 saturated heterocycles. The lowest BCUT2D eigenvalue weighted by molar-refractivity contribution is -0.122. The van der Waals surface area contributed by atoms with Crippen LogP contribution in [0.3, 0.4) is 0 Å². The molecule has 5 nitrogen and oxygen atoms in total. The number of pyridine rings is 1. The smallest absolute Gasteiger partial charge is 0.270 e. The first kappa shape index (κ1) is 15.1. The van der Waals surface area contributed by atoms with Crippen molar-refractivity contribution in [2.75, 3.05) is 4.90 Å². The summed E-state index contributed by atoms with van der Waals surface area (Å²) in [5.74, 6) is -0.945. The molecule has 0 unspecified atom stereocenters. The number of aromatic nitrogens is 1. The minimum Gasteiger partial charge on any atom is -0.298 e. The van der Waals surface area contributed by atoms with Crippen LogP contribution < -0.4 is 10.2 Å². The van der Waals surface area contributed by atoms with E-state index in [2.05, 4.69) is 10.3 Å². The van der Waals surface area contributed by atoms with E-state index < -0.39 is 11.8 Å². The maximum atomic E-state index is 12.7. The number of nitrogens with one attached hydrogen (secondary N) is 1. The Bertz CT molecular complexity index is 813. The maximum Gasteiger partial charge on any atom is 0.270 e. The summed E-state index contributed by atoms with van der Waals surface area (Å²) >= 11 is 5.15. The third-order valence-corrected chi connectivity index (χ3v) is 3.70. The zero-order valence-electron chi connectivity index (χ0n) is 12.3. The maximum absolute atomic E-state index is 12.7. The number of rotatable bonds is 2. The van der Waals surface area contributed by atoms with Crippen molar-refractivity contribution in [3.63, 3.8) is 0 Å². The van der Waals surface area contributed by atoms with Gasteiger partial charge in [0.15, 0.2) is 5.11 Å². The van der Waals surface area contributed by atoms with Crippen molar-refractivity contribution in [1.82, 2.24) is 10.3 Å². The molecule has 0 saturated carbocycles. The van der Waals surface area contributed by atoms with Crippen LogP contribution in [0.15, 0.2) is 54.4 Å². The van der Waals surface area contributed by atoms with E-state index >= 15 is 0 Å². The van der Waals surface area contributed by atoms with E-state index in [0.29, 0.717) is 5.69 Å². The summed E-state index contributed by atoms with van der Waals surface area (Å²) in [7, 11) is 0. The average Bonchev–Trinajstić information content (AvgIpc) is 2.54. The lowest BCUT2D eigenvalue weighted by Gasteiger charge is -2.29. The molecule has 0 bridgehead atoms. The molecule has 23 heavy (non-hydrogen) atoms. The van der Waals surface area contributed by atoms with Gasteiger partial charge in [-0.05, 0) is 55.0 Å². The molecule has 1 aromatic heterocycles. The lowest BCUT2D eigenvalue weighted by atomic mass is 10.1. The number of hydrogen-bond donors (Lipinski definition) is 1. The van der Waals surface area contributed by atoms with Gasteiger partial charge in [-0.1, -0.05) is 17.7 Å². The van der Waals surface area contributed by atoms with Crippen LogP contribution >= 0.6 is 12.2 Å². The predicted molar refractivity (Wildman–Crippen MR) is 91.6 cm³/mol. The molecule has 0 aliphatic carbocycles. The Kier molecular flexibility index (Phi) is 3.99. The van der Waals surface area contributed by atoms with Gasteiger partial charge in [-0.25, -0.2) is 0 Å². The van der Waals surface area contributed by atoms with Gasteiger partial charge in [-0.3, -0.25) is 24.8 Å². The first-order chi connectivity index (χ1) is 11.1. The zero-order valence-corrected chi connectivity index (χ0v) is 13.1. The van der Waals surface area contributed by atoms with Gasteiger partial charge in [-0.15, -0.1) is 0 Å². The third kappa shape index (κ3) is 3.02. The van der Waals surface area contributed by atoms with Gasteiger partial charge < -0.3 is 0 Å². The Morgan fingerprint density at radius 3 is 2.39 bits per heavy atom. The molecule has 2 aromatic rings. The van der Waals surface area contributed by atoms with Crippen molar-refractivity contribution >= 4 is 40.9 Å². The van der Waals surface area contributed by atoms with Crippen LogP contribution in [0.25, 0.3) is 6.08 Å². The largest absolute Gasteiger partial charge is 0.298 e. The fraction of sp³-hybridized carbons (Fsp3) is 0.0588. The minimum absolute atomic E-state index is 0.0328. The molecule has 0 atom stereocenters. The Morgan fingerprint density at radius 1 is 1.09 bits per heavy atom. The van der Waals surface area contributed by atoms with Crippen molar-refractivity contribution in [1.29, 1.82) is 0 Å². The number of carbonyl (C=O) groups excluding carboxylic acids is 2. The number of carbonyl (C=O) groups is 2. The van der Waals surface area contributed by atoms with Crippen LogP contribution in [0.4, 0.5) is 5.69 Å². The number of thiocarbonyl (C=S) groups is 1. The Morgan fingerprint density at radius 2 is 1.74 bits per heavy atom. The highest BCUT2D eigenvalue weighted by molar-refractivity contribution is 7.80. The van der Waals surface area contributed by atoms with Crippen LogP contribution in [-0.4, -0.2) is 21.9 Å². The highest BCUT2D eigenvalue weighted by Gasteiger charge is 2.34. The van der Waals surface area contributed by atoms with Gasteiger partial charge in [-0.2, -0.15) is 0 Å². The number of anilines is 1. The normalized spacial score (nSPS) is 16.7. The first-order valence-electron chi connectivity index (χ1n) is 6.94. The third-order valence-electron chi connectivity index (χ3n) is 3.41. The number of amides is 2. The summed E-state index contributed by atoms with van der Waals surface area (Å²) in [6.07, 6.45) is 4.72. The van der Waals surface area contributed by atoms with E-state index in [1.807, 2.05) is 19.1 Å². The first-order valence-corrected chi connectivity index (χ1v) is 7.35. The van der Waals surface area contributed by atoms with E-state index in [1.54, 1.807) is 36.7 Å². The van der Waals surface area contributed by atoms with E-state index in [4.69, 9.17) is 12.2 Å². The molecule has 1 N–H and O–H groups in total. The number of benzene rings is 1. The minimum atomic E-state index is -0.500. The molecule has 114 valence electrons. The summed E-state index contributed by atoms with van der Waals surface area (Å²) in [4.78, 5) is 30.1. The molecule has 1 aromatic carbocycles.